The molecule has 1 fully saturated rings. The average Bonchev–Trinajstić information content (AvgIpc) is 3.55. The number of aromatic nitrogens is 3. The number of halogens is 1. The second-order valence-electron chi connectivity index (χ2n) is 7.79. The molecule has 0 N–H and O–H groups in total. The Labute approximate surface area is 194 Å². The van der Waals surface area contributed by atoms with Crippen molar-refractivity contribution >= 4 is 28.8 Å². The number of rotatable bonds is 5. The number of hydrogen-bond acceptors (Lipinski definition) is 6. The summed E-state index contributed by atoms with van der Waals surface area (Å²) in [5.74, 6) is 1.27. The van der Waals surface area contributed by atoms with E-state index in [4.69, 9.17) is 16.0 Å². The van der Waals surface area contributed by atoms with Crippen LogP contribution in [-0.4, -0.2) is 32.3 Å². The van der Waals surface area contributed by atoms with Crippen molar-refractivity contribution in [2.24, 2.45) is 0 Å². The van der Waals surface area contributed by atoms with Gasteiger partial charge in [-0.3, -0.25) is 9.78 Å². The Kier molecular flexibility index (Phi) is 5.76. The molecule has 0 unspecified atom stereocenters. The first-order chi connectivity index (χ1) is 15.6. The molecule has 0 radical (unpaired) electrons. The van der Waals surface area contributed by atoms with Crippen LogP contribution in [0.4, 0.5) is 0 Å². The van der Waals surface area contributed by atoms with E-state index in [-0.39, 0.29) is 11.9 Å². The third-order valence-corrected chi connectivity index (χ3v) is 7.00. The number of carbonyl (C=O) groups is 1. The van der Waals surface area contributed by atoms with E-state index in [0.29, 0.717) is 29.4 Å². The van der Waals surface area contributed by atoms with Crippen LogP contribution in [0.15, 0.2) is 58.7 Å². The van der Waals surface area contributed by atoms with Crippen LogP contribution in [0.5, 0.6) is 0 Å². The van der Waals surface area contributed by atoms with Crippen molar-refractivity contribution in [1.29, 1.82) is 0 Å². The van der Waals surface area contributed by atoms with Crippen LogP contribution >= 0.6 is 22.9 Å². The summed E-state index contributed by atoms with van der Waals surface area (Å²) >= 11 is 7.80. The molecule has 0 saturated carbocycles. The highest BCUT2D eigenvalue weighted by Crippen LogP contribution is 2.34. The molecule has 1 amide bonds. The van der Waals surface area contributed by atoms with Crippen LogP contribution in [0.3, 0.4) is 0 Å². The Morgan fingerprint density at radius 3 is 2.94 bits per heavy atom. The van der Waals surface area contributed by atoms with Gasteiger partial charge in [0.05, 0.1) is 28.0 Å². The van der Waals surface area contributed by atoms with Crippen molar-refractivity contribution in [2.45, 2.75) is 32.2 Å². The average molecular weight is 465 g/mol. The minimum atomic E-state index is -0.177. The van der Waals surface area contributed by atoms with E-state index in [9.17, 15) is 4.79 Å². The zero-order valence-corrected chi connectivity index (χ0v) is 19.1. The molecule has 0 aliphatic carbocycles. The van der Waals surface area contributed by atoms with Gasteiger partial charge in [-0.2, -0.15) is 0 Å². The molecule has 6 nitrogen and oxygen atoms in total. The Bertz CT molecular complexity index is 1270. The molecule has 0 bridgehead atoms. The lowest BCUT2D eigenvalue weighted by Gasteiger charge is -2.22. The number of nitrogens with zero attached hydrogens (tertiary/aromatic N) is 4. The number of hydrogen-bond donors (Lipinski definition) is 0. The van der Waals surface area contributed by atoms with Gasteiger partial charge in [0.25, 0.3) is 5.91 Å². The third-order valence-electron chi connectivity index (χ3n) is 5.68. The molecule has 1 aromatic carbocycles. The summed E-state index contributed by atoms with van der Waals surface area (Å²) in [6, 6.07) is 11.1. The maximum absolute atomic E-state index is 13.4. The molecular formula is C24H21ClN4O2S. The molecule has 3 aromatic heterocycles. The number of likely N-dealkylation sites (tertiary alicyclic amines) is 1. The lowest BCUT2D eigenvalue weighted by molar-refractivity contribution is 0.0714. The van der Waals surface area contributed by atoms with Gasteiger partial charge in [0, 0.05) is 29.7 Å². The first-order valence-electron chi connectivity index (χ1n) is 10.5. The summed E-state index contributed by atoms with van der Waals surface area (Å²) in [5, 5.41) is 0.702. The second-order valence-corrected chi connectivity index (χ2v) is 9.05. The number of pyridine rings is 1. The molecule has 32 heavy (non-hydrogen) atoms. The minimum absolute atomic E-state index is 0.0378. The highest BCUT2D eigenvalue weighted by Gasteiger charge is 2.34. The number of thiazole rings is 1. The third kappa shape index (κ3) is 4.06. The summed E-state index contributed by atoms with van der Waals surface area (Å²) < 4.78 is 6.06. The van der Waals surface area contributed by atoms with Crippen LogP contribution in [-0.2, 0) is 6.42 Å². The number of amides is 1. The minimum Gasteiger partial charge on any atom is -0.443 e. The van der Waals surface area contributed by atoms with Crippen molar-refractivity contribution in [2.75, 3.05) is 6.54 Å². The van der Waals surface area contributed by atoms with Crippen LogP contribution < -0.4 is 0 Å². The summed E-state index contributed by atoms with van der Waals surface area (Å²) in [6.07, 6.45) is 5.71. The highest BCUT2D eigenvalue weighted by atomic mass is 35.5. The maximum atomic E-state index is 13.4. The Morgan fingerprint density at radius 1 is 1.25 bits per heavy atom. The van der Waals surface area contributed by atoms with E-state index in [1.54, 1.807) is 24.0 Å². The molecule has 1 aliphatic rings. The van der Waals surface area contributed by atoms with Gasteiger partial charge in [-0.05, 0) is 43.5 Å². The van der Waals surface area contributed by atoms with Gasteiger partial charge < -0.3 is 9.32 Å². The molecule has 4 heterocycles. The summed E-state index contributed by atoms with van der Waals surface area (Å²) in [6.45, 7) is 2.62. The molecule has 1 aliphatic heterocycles. The summed E-state index contributed by atoms with van der Waals surface area (Å²) in [4.78, 5) is 29.4. The molecular weight excluding hydrogens is 444 g/mol. The fourth-order valence-electron chi connectivity index (χ4n) is 4.06. The lowest BCUT2D eigenvalue weighted by Crippen LogP contribution is -2.30. The van der Waals surface area contributed by atoms with Crippen LogP contribution in [0.1, 0.15) is 52.1 Å². The standard InChI is InChI=1S/C24H21ClN4O2S/c1-15-22(32-14-28-15)20-12-17(8-9-26-20)24(30)29-10-4-7-21(29)23-27-13-18(31-23)11-16-5-2-3-6-19(16)25/h2-3,5-6,8-9,12-14,21H,4,7,10-11H2,1H3/t21-/m1/s1. The summed E-state index contributed by atoms with van der Waals surface area (Å²) in [7, 11) is 0. The van der Waals surface area contributed by atoms with E-state index in [1.165, 1.54) is 11.3 Å². The molecule has 162 valence electrons. The molecule has 1 atom stereocenters. The van der Waals surface area contributed by atoms with Gasteiger partial charge in [-0.25, -0.2) is 9.97 Å². The van der Waals surface area contributed by atoms with Gasteiger partial charge in [0.1, 0.15) is 11.8 Å². The van der Waals surface area contributed by atoms with Crippen molar-refractivity contribution in [3.63, 3.8) is 0 Å². The monoisotopic (exact) mass is 464 g/mol. The van der Waals surface area contributed by atoms with Crippen molar-refractivity contribution < 1.29 is 9.21 Å². The fraction of sp³-hybridized carbons (Fsp3) is 0.250. The largest absolute Gasteiger partial charge is 0.443 e. The quantitative estimate of drug-likeness (QED) is 0.377. The number of carbonyl (C=O) groups excluding carboxylic acids is 1. The lowest BCUT2D eigenvalue weighted by atomic mass is 10.1. The Balaban J connectivity index is 1.36. The van der Waals surface area contributed by atoms with Crippen molar-refractivity contribution in [3.05, 3.63) is 87.8 Å². The van der Waals surface area contributed by atoms with Gasteiger partial charge in [-0.1, -0.05) is 29.8 Å². The van der Waals surface area contributed by atoms with E-state index in [0.717, 1.165) is 40.4 Å². The normalized spacial score (nSPS) is 15.9. The Hall–Kier alpha value is -3.03. The summed E-state index contributed by atoms with van der Waals surface area (Å²) in [5.41, 5.74) is 5.07. The van der Waals surface area contributed by atoms with Crippen molar-refractivity contribution in [3.8, 4) is 10.6 Å². The van der Waals surface area contributed by atoms with Crippen molar-refractivity contribution in [1.82, 2.24) is 19.9 Å². The molecule has 4 aromatic rings. The molecule has 5 rings (SSSR count). The smallest absolute Gasteiger partial charge is 0.254 e. The maximum Gasteiger partial charge on any atom is 0.254 e. The highest BCUT2D eigenvalue weighted by molar-refractivity contribution is 7.13. The topological polar surface area (TPSA) is 72.1 Å². The number of oxazole rings is 1. The van der Waals surface area contributed by atoms with E-state index in [1.807, 2.05) is 42.2 Å². The van der Waals surface area contributed by atoms with E-state index >= 15 is 0 Å². The number of benzene rings is 1. The Morgan fingerprint density at radius 2 is 2.12 bits per heavy atom. The predicted octanol–water partition coefficient (Wildman–Crippen LogP) is 5.72. The van der Waals surface area contributed by atoms with Crippen LogP contribution in [0, 0.1) is 6.92 Å². The molecule has 1 saturated heterocycles. The first kappa shape index (κ1) is 20.8. The fourth-order valence-corrected chi connectivity index (χ4v) is 5.03. The molecule has 0 spiro atoms. The second kappa shape index (κ2) is 8.84. The van der Waals surface area contributed by atoms with Gasteiger partial charge in [0.2, 0.25) is 5.89 Å². The van der Waals surface area contributed by atoms with Gasteiger partial charge >= 0.3 is 0 Å². The SMILES string of the molecule is Cc1ncsc1-c1cc(C(=O)N2CCC[C@@H]2c2ncc(Cc3ccccc3Cl)o2)ccn1. The van der Waals surface area contributed by atoms with E-state index < -0.39 is 0 Å². The van der Waals surface area contributed by atoms with Gasteiger partial charge in [-0.15, -0.1) is 11.3 Å². The van der Waals surface area contributed by atoms with E-state index in [2.05, 4.69) is 15.0 Å². The van der Waals surface area contributed by atoms with Crippen LogP contribution in [0.2, 0.25) is 5.02 Å². The number of aryl methyl sites for hydroxylation is 1. The zero-order valence-electron chi connectivity index (χ0n) is 17.5. The predicted molar refractivity (Wildman–Crippen MR) is 124 cm³/mol. The molecule has 8 heteroatoms. The first-order valence-corrected chi connectivity index (χ1v) is 11.7. The van der Waals surface area contributed by atoms with Gasteiger partial charge in [0.15, 0.2) is 0 Å². The zero-order chi connectivity index (χ0) is 22.1. The van der Waals surface area contributed by atoms with Crippen LogP contribution in [0.25, 0.3) is 10.6 Å².